The largest absolute Gasteiger partial charge is 0.388 e. The summed E-state index contributed by atoms with van der Waals surface area (Å²) >= 11 is 5.83. The lowest BCUT2D eigenvalue weighted by molar-refractivity contribution is -0.384. The van der Waals surface area contributed by atoms with E-state index in [9.17, 15) is 10.1 Å². The molecule has 0 amide bonds. The van der Waals surface area contributed by atoms with Gasteiger partial charge in [-0.2, -0.15) is 0 Å². The lowest BCUT2D eigenvalue weighted by Gasteiger charge is -2.03. The van der Waals surface area contributed by atoms with E-state index in [-0.39, 0.29) is 17.3 Å². The summed E-state index contributed by atoms with van der Waals surface area (Å²) in [4.78, 5) is 10.2. The number of hydrogen-bond acceptors (Lipinski definition) is 5. The van der Waals surface area contributed by atoms with Crippen LogP contribution in [0.25, 0.3) is 11.4 Å². The molecule has 0 atom stereocenters. The highest BCUT2D eigenvalue weighted by Crippen LogP contribution is 2.27. The average Bonchev–Trinajstić information content (AvgIpc) is 2.69. The molecule has 0 bridgehead atoms. The molecule has 0 fully saturated rings. The SMILES string of the molecule is Cn1c(CO)nnc1-c1cc(Cl)cc([N+](=O)[O-])c1. The Labute approximate surface area is 107 Å². The van der Waals surface area contributed by atoms with Crippen molar-refractivity contribution in [2.75, 3.05) is 0 Å². The third kappa shape index (κ3) is 2.18. The van der Waals surface area contributed by atoms with Crippen LogP contribution in [-0.4, -0.2) is 24.8 Å². The first-order chi connectivity index (χ1) is 8.52. The summed E-state index contributed by atoms with van der Waals surface area (Å²) in [6, 6.07) is 4.17. The third-order valence-corrected chi connectivity index (χ3v) is 2.68. The fraction of sp³-hybridized carbons (Fsp3) is 0.200. The van der Waals surface area contributed by atoms with Crippen LogP contribution < -0.4 is 0 Å². The summed E-state index contributed by atoms with van der Waals surface area (Å²) in [6.07, 6.45) is 0. The van der Waals surface area contributed by atoms with Gasteiger partial charge >= 0.3 is 0 Å². The zero-order valence-electron chi connectivity index (χ0n) is 9.37. The van der Waals surface area contributed by atoms with Crippen LogP contribution in [0, 0.1) is 10.1 Å². The van der Waals surface area contributed by atoms with Gasteiger partial charge in [0, 0.05) is 29.8 Å². The number of halogens is 1. The summed E-state index contributed by atoms with van der Waals surface area (Å²) in [5.74, 6) is 0.775. The molecule has 2 rings (SSSR count). The predicted octanol–water partition coefficient (Wildman–Crippen LogP) is 1.54. The zero-order valence-corrected chi connectivity index (χ0v) is 10.1. The van der Waals surface area contributed by atoms with Crippen LogP contribution in [0.5, 0.6) is 0 Å². The molecule has 8 heteroatoms. The molecule has 0 aliphatic rings. The Bertz CT molecular complexity index is 611. The van der Waals surface area contributed by atoms with Gasteiger partial charge in [0.2, 0.25) is 0 Å². The molecule has 2 aromatic rings. The Kier molecular flexibility index (Phi) is 3.26. The number of aliphatic hydroxyl groups excluding tert-OH is 1. The molecule has 0 aliphatic carbocycles. The Morgan fingerprint density at radius 3 is 2.72 bits per heavy atom. The van der Waals surface area contributed by atoms with E-state index in [1.54, 1.807) is 17.7 Å². The first kappa shape index (κ1) is 12.5. The van der Waals surface area contributed by atoms with E-state index in [1.165, 1.54) is 12.1 Å². The molecule has 7 nitrogen and oxygen atoms in total. The zero-order chi connectivity index (χ0) is 13.3. The molecule has 1 aromatic carbocycles. The van der Waals surface area contributed by atoms with Gasteiger partial charge in [0.1, 0.15) is 6.61 Å². The first-order valence-corrected chi connectivity index (χ1v) is 5.35. The number of aliphatic hydroxyl groups is 1. The molecule has 1 heterocycles. The van der Waals surface area contributed by atoms with Gasteiger partial charge in [-0.1, -0.05) is 11.6 Å². The standard InChI is InChI=1S/C10H9ClN4O3/c1-14-9(5-16)12-13-10(14)6-2-7(11)4-8(3-6)15(17)18/h2-4,16H,5H2,1H3. The topological polar surface area (TPSA) is 94.1 Å². The van der Waals surface area contributed by atoms with E-state index in [0.717, 1.165) is 0 Å². The van der Waals surface area contributed by atoms with E-state index in [1.807, 2.05) is 0 Å². The van der Waals surface area contributed by atoms with Gasteiger partial charge in [-0.05, 0) is 6.07 Å². The molecular formula is C10H9ClN4O3. The average molecular weight is 269 g/mol. The summed E-state index contributed by atoms with van der Waals surface area (Å²) in [5.41, 5.74) is 0.356. The van der Waals surface area contributed by atoms with Crippen LogP contribution in [0.4, 0.5) is 5.69 Å². The van der Waals surface area contributed by atoms with E-state index in [4.69, 9.17) is 16.7 Å². The predicted molar refractivity (Wildman–Crippen MR) is 64.0 cm³/mol. The van der Waals surface area contributed by atoms with Crippen LogP contribution in [0.15, 0.2) is 18.2 Å². The monoisotopic (exact) mass is 268 g/mol. The van der Waals surface area contributed by atoms with Gasteiger partial charge in [-0.3, -0.25) is 10.1 Å². The molecule has 94 valence electrons. The Morgan fingerprint density at radius 2 is 2.17 bits per heavy atom. The summed E-state index contributed by atoms with van der Waals surface area (Å²) in [7, 11) is 1.66. The number of aromatic nitrogens is 3. The highest BCUT2D eigenvalue weighted by Gasteiger charge is 2.15. The summed E-state index contributed by atoms with van der Waals surface area (Å²) < 4.78 is 1.55. The van der Waals surface area contributed by atoms with Gasteiger partial charge in [-0.15, -0.1) is 10.2 Å². The lowest BCUT2D eigenvalue weighted by atomic mass is 10.2. The molecular weight excluding hydrogens is 260 g/mol. The fourth-order valence-corrected chi connectivity index (χ4v) is 1.79. The van der Waals surface area contributed by atoms with Crippen molar-refractivity contribution in [2.24, 2.45) is 7.05 Å². The van der Waals surface area contributed by atoms with Crippen molar-refractivity contribution in [3.63, 3.8) is 0 Å². The molecule has 0 unspecified atom stereocenters. The maximum atomic E-state index is 10.7. The minimum absolute atomic E-state index is 0.119. The molecule has 0 aliphatic heterocycles. The van der Waals surface area contributed by atoms with Crippen LogP contribution in [-0.2, 0) is 13.7 Å². The lowest BCUT2D eigenvalue weighted by Crippen LogP contribution is -1.99. The maximum Gasteiger partial charge on any atom is 0.271 e. The van der Waals surface area contributed by atoms with Gasteiger partial charge in [0.15, 0.2) is 11.6 Å². The second-order valence-corrected chi connectivity index (χ2v) is 4.05. The van der Waals surface area contributed by atoms with Gasteiger partial charge in [-0.25, -0.2) is 0 Å². The van der Waals surface area contributed by atoms with E-state index in [0.29, 0.717) is 17.2 Å². The van der Waals surface area contributed by atoms with Crippen LogP contribution in [0.3, 0.4) is 0 Å². The summed E-state index contributed by atoms with van der Waals surface area (Å²) in [6.45, 7) is -0.258. The maximum absolute atomic E-state index is 10.7. The Balaban J connectivity index is 2.56. The second-order valence-electron chi connectivity index (χ2n) is 3.61. The van der Waals surface area contributed by atoms with Gasteiger partial charge in [0.25, 0.3) is 5.69 Å². The fourth-order valence-electron chi connectivity index (χ4n) is 1.56. The summed E-state index contributed by atoms with van der Waals surface area (Å²) in [5, 5.41) is 27.6. The number of nitro benzene ring substituents is 1. The van der Waals surface area contributed by atoms with Crippen LogP contribution >= 0.6 is 11.6 Å². The Morgan fingerprint density at radius 1 is 1.44 bits per heavy atom. The number of nitrogens with zero attached hydrogens (tertiary/aromatic N) is 4. The number of hydrogen-bond donors (Lipinski definition) is 1. The molecule has 18 heavy (non-hydrogen) atoms. The first-order valence-electron chi connectivity index (χ1n) is 4.97. The van der Waals surface area contributed by atoms with Crippen molar-refractivity contribution in [1.29, 1.82) is 0 Å². The van der Waals surface area contributed by atoms with Crippen molar-refractivity contribution < 1.29 is 10.0 Å². The van der Waals surface area contributed by atoms with Crippen molar-refractivity contribution >= 4 is 17.3 Å². The van der Waals surface area contributed by atoms with Crippen molar-refractivity contribution in [2.45, 2.75) is 6.61 Å². The molecule has 1 aromatic heterocycles. The number of nitro groups is 1. The van der Waals surface area contributed by atoms with Gasteiger partial charge in [0.05, 0.1) is 4.92 Å². The van der Waals surface area contributed by atoms with Crippen LogP contribution in [0.1, 0.15) is 5.82 Å². The second kappa shape index (κ2) is 4.71. The molecule has 0 saturated heterocycles. The number of non-ortho nitro benzene ring substituents is 1. The Hall–Kier alpha value is -1.99. The van der Waals surface area contributed by atoms with E-state index >= 15 is 0 Å². The molecule has 0 spiro atoms. The quantitative estimate of drug-likeness (QED) is 0.673. The molecule has 1 N–H and O–H groups in total. The van der Waals surface area contributed by atoms with E-state index in [2.05, 4.69) is 10.2 Å². The number of rotatable bonds is 3. The number of benzene rings is 1. The molecule has 0 radical (unpaired) electrons. The minimum atomic E-state index is -0.529. The third-order valence-electron chi connectivity index (χ3n) is 2.46. The minimum Gasteiger partial charge on any atom is -0.388 e. The smallest absolute Gasteiger partial charge is 0.271 e. The normalized spacial score (nSPS) is 10.6. The van der Waals surface area contributed by atoms with Crippen molar-refractivity contribution in [3.05, 3.63) is 39.2 Å². The highest BCUT2D eigenvalue weighted by atomic mass is 35.5. The van der Waals surface area contributed by atoms with Crippen LogP contribution in [0.2, 0.25) is 5.02 Å². The molecule has 0 saturated carbocycles. The van der Waals surface area contributed by atoms with Crippen molar-refractivity contribution in [3.8, 4) is 11.4 Å². The van der Waals surface area contributed by atoms with Crippen molar-refractivity contribution in [1.82, 2.24) is 14.8 Å². The van der Waals surface area contributed by atoms with Gasteiger partial charge < -0.3 is 9.67 Å². The highest BCUT2D eigenvalue weighted by molar-refractivity contribution is 6.31. The van der Waals surface area contributed by atoms with E-state index < -0.39 is 4.92 Å².